The van der Waals surface area contributed by atoms with E-state index in [2.05, 4.69) is 37.2 Å². The van der Waals surface area contributed by atoms with E-state index in [1.807, 2.05) is 48.5 Å². The van der Waals surface area contributed by atoms with Crippen LogP contribution in [0.1, 0.15) is 12.5 Å². The van der Waals surface area contributed by atoms with Gasteiger partial charge in [-0.25, -0.2) is 0 Å². The topological polar surface area (TPSA) is 55.1 Å². The van der Waals surface area contributed by atoms with Gasteiger partial charge in [0, 0.05) is 14.6 Å². The first-order chi connectivity index (χ1) is 9.41. The number of rotatable bonds is 4. The van der Waals surface area contributed by atoms with Crippen molar-refractivity contribution >= 4 is 43.5 Å². The zero-order chi connectivity index (χ0) is 14.8. The number of hydrogen-bond acceptors (Lipinski definition) is 2. The fourth-order valence-corrected chi connectivity index (χ4v) is 2.56. The van der Waals surface area contributed by atoms with Gasteiger partial charge in [-0.05, 0) is 48.9 Å². The summed E-state index contributed by atoms with van der Waals surface area (Å²) in [7, 11) is 0. The highest BCUT2D eigenvalue weighted by Gasteiger charge is 2.33. The number of carbonyl (C=O) groups is 1. The smallest absolute Gasteiger partial charge is 0.247 e. The lowest BCUT2D eigenvalue weighted by Crippen LogP contribution is -2.45. The molecule has 104 valence electrons. The minimum Gasteiger partial charge on any atom is -0.368 e. The molecule has 20 heavy (non-hydrogen) atoms. The highest BCUT2D eigenvalue weighted by molar-refractivity contribution is 9.10. The Labute approximate surface area is 134 Å². The number of nitrogens with two attached hydrogens (primary N) is 1. The minimum absolute atomic E-state index is 0.432. The summed E-state index contributed by atoms with van der Waals surface area (Å²) in [6.07, 6.45) is 0. The maximum Gasteiger partial charge on any atom is 0.247 e. The molecule has 1 unspecified atom stereocenters. The number of carbonyl (C=O) groups excluding carboxylic acids is 1. The van der Waals surface area contributed by atoms with Gasteiger partial charge in [0.2, 0.25) is 5.91 Å². The van der Waals surface area contributed by atoms with Gasteiger partial charge in [-0.2, -0.15) is 0 Å². The summed E-state index contributed by atoms with van der Waals surface area (Å²) in [6, 6.07) is 15.1. The molecule has 0 radical (unpaired) electrons. The summed E-state index contributed by atoms with van der Waals surface area (Å²) in [6.45, 7) is 1.78. The van der Waals surface area contributed by atoms with Crippen molar-refractivity contribution in [2.24, 2.45) is 5.73 Å². The van der Waals surface area contributed by atoms with E-state index >= 15 is 0 Å². The van der Waals surface area contributed by atoms with Crippen molar-refractivity contribution in [3.63, 3.8) is 0 Å². The van der Waals surface area contributed by atoms with E-state index in [1.54, 1.807) is 6.92 Å². The number of amides is 1. The normalized spacial score (nSPS) is 13.6. The number of nitrogens with one attached hydrogen (secondary N) is 1. The van der Waals surface area contributed by atoms with E-state index in [1.165, 1.54) is 0 Å². The number of halogens is 2. The Morgan fingerprint density at radius 3 is 2.30 bits per heavy atom. The molecule has 0 aliphatic carbocycles. The molecule has 1 atom stereocenters. The number of primary amides is 1. The molecule has 2 aromatic carbocycles. The van der Waals surface area contributed by atoms with Gasteiger partial charge in [0.15, 0.2) is 0 Å². The highest BCUT2D eigenvalue weighted by Crippen LogP contribution is 2.28. The molecule has 2 aromatic rings. The molecule has 0 aliphatic heterocycles. The molecular formula is C15H14Br2N2O. The van der Waals surface area contributed by atoms with Gasteiger partial charge in [-0.3, -0.25) is 4.79 Å². The zero-order valence-electron chi connectivity index (χ0n) is 10.9. The first kappa shape index (κ1) is 15.1. The minimum atomic E-state index is -0.975. The van der Waals surface area contributed by atoms with Crippen molar-refractivity contribution in [3.8, 4) is 0 Å². The van der Waals surface area contributed by atoms with E-state index in [0.717, 1.165) is 20.2 Å². The standard InChI is InChI=1S/C15H14Br2N2O/c1-15(14(18)20,10-3-2-4-12(17)9-10)19-13-7-5-11(16)6-8-13/h2-9,19H,1H3,(H2,18,20). The Kier molecular flexibility index (Phi) is 4.50. The molecule has 3 N–H and O–H groups in total. The summed E-state index contributed by atoms with van der Waals surface area (Å²) < 4.78 is 1.88. The van der Waals surface area contributed by atoms with Crippen LogP contribution in [0, 0.1) is 0 Å². The quantitative estimate of drug-likeness (QED) is 0.818. The first-order valence-electron chi connectivity index (χ1n) is 6.01. The van der Waals surface area contributed by atoms with Gasteiger partial charge in [0.25, 0.3) is 0 Å². The Bertz CT molecular complexity index is 628. The zero-order valence-corrected chi connectivity index (χ0v) is 14.0. The summed E-state index contributed by atoms with van der Waals surface area (Å²) in [4.78, 5) is 11.9. The van der Waals surface area contributed by atoms with Crippen molar-refractivity contribution in [1.82, 2.24) is 0 Å². The second-order valence-corrected chi connectivity index (χ2v) is 6.46. The van der Waals surface area contributed by atoms with Crippen molar-refractivity contribution in [2.45, 2.75) is 12.5 Å². The average Bonchev–Trinajstić information content (AvgIpc) is 2.41. The van der Waals surface area contributed by atoms with Crippen molar-refractivity contribution in [2.75, 3.05) is 5.32 Å². The second kappa shape index (κ2) is 5.97. The number of anilines is 1. The summed E-state index contributed by atoms with van der Waals surface area (Å²) in [5.74, 6) is -0.432. The van der Waals surface area contributed by atoms with Crippen LogP contribution < -0.4 is 11.1 Å². The van der Waals surface area contributed by atoms with E-state index in [9.17, 15) is 4.79 Å². The second-order valence-electron chi connectivity index (χ2n) is 4.63. The largest absolute Gasteiger partial charge is 0.368 e. The maximum atomic E-state index is 11.9. The average molecular weight is 398 g/mol. The molecule has 0 saturated heterocycles. The van der Waals surface area contributed by atoms with Crippen LogP contribution in [0.15, 0.2) is 57.5 Å². The molecule has 0 saturated carbocycles. The maximum absolute atomic E-state index is 11.9. The molecule has 0 aromatic heterocycles. The lowest BCUT2D eigenvalue weighted by molar-refractivity contribution is -0.122. The monoisotopic (exact) mass is 396 g/mol. The van der Waals surface area contributed by atoms with E-state index in [0.29, 0.717) is 0 Å². The third-order valence-electron chi connectivity index (χ3n) is 3.13. The van der Waals surface area contributed by atoms with Gasteiger partial charge >= 0.3 is 0 Å². The van der Waals surface area contributed by atoms with Crippen LogP contribution in [0.2, 0.25) is 0 Å². The molecule has 0 bridgehead atoms. The van der Waals surface area contributed by atoms with Crippen LogP contribution in [0.25, 0.3) is 0 Å². The molecule has 0 heterocycles. The molecule has 1 amide bonds. The predicted molar refractivity (Wildman–Crippen MR) is 88.5 cm³/mol. The Hall–Kier alpha value is -1.33. The SMILES string of the molecule is CC(Nc1ccc(Br)cc1)(C(N)=O)c1cccc(Br)c1. The van der Waals surface area contributed by atoms with Gasteiger partial charge in [-0.1, -0.05) is 44.0 Å². The first-order valence-corrected chi connectivity index (χ1v) is 7.60. The van der Waals surface area contributed by atoms with Gasteiger partial charge in [0.1, 0.15) is 5.54 Å². The summed E-state index contributed by atoms with van der Waals surface area (Å²) >= 11 is 6.80. The summed E-state index contributed by atoms with van der Waals surface area (Å²) in [5, 5.41) is 3.21. The van der Waals surface area contributed by atoms with E-state index in [-0.39, 0.29) is 0 Å². The summed E-state index contributed by atoms with van der Waals surface area (Å²) in [5.41, 5.74) is 6.27. The van der Waals surface area contributed by atoms with Crippen molar-refractivity contribution in [1.29, 1.82) is 0 Å². The third kappa shape index (κ3) is 3.22. The van der Waals surface area contributed by atoms with Crippen molar-refractivity contribution in [3.05, 3.63) is 63.0 Å². The number of benzene rings is 2. The van der Waals surface area contributed by atoms with Crippen molar-refractivity contribution < 1.29 is 4.79 Å². The molecule has 0 fully saturated rings. The Morgan fingerprint density at radius 1 is 1.10 bits per heavy atom. The van der Waals surface area contributed by atoms with Crippen LogP contribution in [0.3, 0.4) is 0 Å². The molecule has 2 rings (SSSR count). The molecule has 3 nitrogen and oxygen atoms in total. The van der Waals surface area contributed by atoms with E-state index in [4.69, 9.17) is 5.73 Å². The van der Waals surface area contributed by atoms with Crippen LogP contribution >= 0.6 is 31.9 Å². The molecular weight excluding hydrogens is 384 g/mol. The lowest BCUT2D eigenvalue weighted by atomic mass is 9.91. The highest BCUT2D eigenvalue weighted by atomic mass is 79.9. The van der Waals surface area contributed by atoms with Gasteiger partial charge < -0.3 is 11.1 Å². The molecule has 0 spiro atoms. The Balaban J connectivity index is 2.39. The third-order valence-corrected chi connectivity index (χ3v) is 4.16. The van der Waals surface area contributed by atoms with Crippen LogP contribution in [0.4, 0.5) is 5.69 Å². The van der Waals surface area contributed by atoms with Crippen LogP contribution in [0.5, 0.6) is 0 Å². The fraction of sp³-hybridized carbons (Fsp3) is 0.133. The number of hydrogen-bond donors (Lipinski definition) is 2. The van der Waals surface area contributed by atoms with E-state index < -0.39 is 11.4 Å². The lowest BCUT2D eigenvalue weighted by Gasteiger charge is -2.29. The molecule has 5 heteroatoms. The predicted octanol–water partition coefficient (Wildman–Crippen LogP) is 4.02. The van der Waals surface area contributed by atoms with Gasteiger partial charge in [-0.15, -0.1) is 0 Å². The Morgan fingerprint density at radius 2 is 1.75 bits per heavy atom. The van der Waals surface area contributed by atoms with Gasteiger partial charge in [0.05, 0.1) is 0 Å². The van der Waals surface area contributed by atoms with Crippen LogP contribution in [-0.4, -0.2) is 5.91 Å². The molecule has 0 aliphatic rings. The fourth-order valence-electron chi connectivity index (χ4n) is 1.90. The van der Waals surface area contributed by atoms with Crippen LogP contribution in [-0.2, 0) is 10.3 Å².